The summed E-state index contributed by atoms with van der Waals surface area (Å²) in [5, 5.41) is 0. The highest BCUT2D eigenvalue weighted by Crippen LogP contribution is 2.50. The Morgan fingerprint density at radius 1 is 1.15 bits per heavy atom. The summed E-state index contributed by atoms with van der Waals surface area (Å²) in [6.45, 7) is 7.02. The monoisotopic (exact) mass is 181 g/mol. The second-order valence-corrected chi connectivity index (χ2v) is 6.34. The third-order valence-corrected chi connectivity index (χ3v) is 4.01. The molecule has 2 aliphatic carbocycles. The lowest BCUT2D eigenvalue weighted by Gasteiger charge is -2.33. The maximum Gasteiger partial charge on any atom is 0.00985 e. The second-order valence-electron chi connectivity index (χ2n) is 6.34. The summed E-state index contributed by atoms with van der Waals surface area (Å²) in [5.41, 5.74) is 6.74. The van der Waals surface area contributed by atoms with E-state index in [2.05, 4.69) is 20.8 Å². The van der Waals surface area contributed by atoms with Crippen molar-refractivity contribution in [3.8, 4) is 0 Å². The first-order valence-corrected chi connectivity index (χ1v) is 5.73. The van der Waals surface area contributed by atoms with E-state index in [4.69, 9.17) is 5.73 Å². The summed E-state index contributed by atoms with van der Waals surface area (Å²) in [6, 6.07) is 0.526. The van der Waals surface area contributed by atoms with Crippen molar-refractivity contribution in [3.05, 3.63) is 0 Å². The van der Waals surface area contributed by atoms with E-state index in [-0.39, 0.29) is 0 Å². The Morgan fingerprint density at radius 2 is 1.77 bits per heavy atom. The van der Waals surface area contributed by atoms with Gasteiger partial charge >= 0.3 is 0 Å². The normalized spacial score (nSPS) is 44.3. The van der Waals surface area contributed by atoms with Crippen molar-refractivity contribution in [2.24, 2.45) is 28.9 Å². The molecule has 2 unspecified atom stereocenters. The smallest absolute Gasteiger partial charge is 0.00985 e. The summed E-state index contributed by atoms with van der Waals surface area (Å²) in [6.07, 6.45) is 5.63. The van der Waals surface area contributed by atoms with E-state index in [9.17, 15) is 0 Å². The molecule has 0 aliphatic heterocycles. The third kappa shape index (κ3) is 1.76. The highest BCUT2D eigenvalue weighted by Gasteiger charge is 2.46. The zero-order valence-electron chi connectivity index (χ0n) is 9.22. The van der Waals surface area contributed by atoms with Crippen LogP contribution in [0.2, 0.25) is 0 Å². The molecule has 2 bridgehead atoms. The molecule has 0 aromatic heterocycles. The molecule has 76 valence electrons. The van der Waals surface area contributed by atoms with E-state index in [0.717, 1.165) is 17.8 Å². The Hall–Kier alpha value is -0.0400. The van der Waals surface area contributed by atoms with E-state index in [1.807, 2.05) is 0 Å². The highest BCUT2D eigenvalue weighted by molar-refractivity contribution is 4.99. The summed E-state index contributed by atoms with van der Waals surface area (Å²) in [4.78, 5) is 0. The van der Waals surface area contributed by atoms with Crippen LogP contribution < -0.4 is 5.73 Å². The third-order valence-electron chi connectivity index (χ3n) is 4.01. The van der Waals surface area contributed by atoms with Gasteiger partial charge in [0.1, 0.15) is 0 Å². The molecule has 0 radical (unpaired) electrons. The van der Waals surface area contributed by atoms with Crippen LogP contribution in [0.4, 0.5) is 0 Å². The van der Waals surface area contributed by atoms with Crippen molar-refractivity contribution < 1.29 is 0 Å². The summed E-state index contributed by atoms with van der Waals surface area (Å²) < 4.78 is 0. The van der Waals surface area contributed by atoms with Crippen LogP contribution in [0.1, 0.15) is 46.5 Å². The fourth-order valence-electron chi connectivity index (χ4n) is 3.46. The first-order valence-electron chi connectivity index (χ1n) is 5.73. The van der Waals surface area contributed by atoms with Crippen LogP contribution >= 0.6 is 0 Å². The minimum Gasteiger partial charge on any atom is -0.327 e. The summed E-state index contributed by atoms with van der Waals surface area (Å²) in [7, 11) is 0. The summed E-state index contributed by atoms with van der Waals surface area (Å²) >= 11 is 0. The van der Waals surface area contributed by atoms with Gasteiger partial charge in [0.05, 0.1) is 0 Å². The van der Waals surface area contributed by atoms with Gasteiger partial charge < -0.3 is 5.73 Å². The van der Waals surface area contributed by atoms with Crippen LogP contribution in [0.25, 0.3) is 0 Å². The van der Waals surface area contributed by atoms with Gasteiger partial charge in [-0.2, -0.15) is 0 Å². The maximum atomic E-state index is 6.27. The van der Waals surface area contributed by atoms with E-state index in [1.54, 1.807) is 0 Å². The predicted octanol–water partition coefficient (Wildman–Crippen LogP) is 2.80. The number of rotatable bonds is 1. The molecule has 1 nitrogen and oxygen atoms in total. The van der Waals surface area contributed by atoms with Gasteiger partial charge in [0.25, 0.3) is 0 Å². The first-order chi connectivity index (χ1) is 5.97. The molecule has 13 heavy (non-hydrogen) atoms. The lowest BCUT2D eigenvalue weighted by molar-refractivity contribution is 0.200. The van der Waals surface area contributed by atoms with E-state index < -0.39 is 0 Å². The zero-order valence-corrected chi connectivity index (χ0v) is 9.22. The average molecular weight is 181 g/mol. The molecule has 2 aliphatic rings. The Labute approximate surface area is 82.1 Å². The molecule has 0 saturated heterocycles. The lowest BCUT2D eigenvalue weighted by atomic mass is 9.75. The zero-order chi connectivity index (χ0) is 9.64. The molecule has 0 spiro atoms. The molecule has 2 fully saturated rings. The Morgan fingerprint density at radius 3 is 2.23 bits per heavy atom. The van der Waals surface area contributed by atoms with Gasteiger partial charge in [-0.25, -0.2) is 0 Å². The fraction of sp³-hybridized carbons (Fsp3) is 1.00. The van der Waals surface area contributed by atoms with Crippen LogP contribution in [0.3, 0.4) is 0 Å². The molecule has 0 aromatic rings. The van der Waals surface area contributed by atoms with Crippen LogP contribution in [-0.2, 0) is 0 Å². The molecule has 1 heteroatoms. The molecular weight excluding hydrogens is 158 g/mol. The average Bonchev–Trinajstić information content (AvgIpc) is 2.51. The molecule has 2 rings (SSSR count). The van der Waals surface area contributed by atoms with Crippen molar-refractivity contribution in [1.29, 1.82) is 0 Å². The van der Waals surface area contributed by atoms with Crippen LogP contribution in [0, 0.1) is 23.2 Å². The minimum absolute atomic E-state index is 0.465. The molecule has 2 saturated carbocycles. The molecular formula is C12H23N. The van der Waals surface area contributed by atoms with Crippen molar-refractivity contribution in [2.45, 2.75) is 52.5 Å². The molecule has 0 heterocycles. The molecule has 2 N–H and O–H groups in total. The minimum atomic E-state index is 0.465. The Balaban J connectivity index is 2.00. The van der Waals surface area contributed by atoms with E-state index in [1.165, 1.54) is 25.7 Å². The van der Waals surface area contributed by atoms with Crippen molar-refractivity contribution >= 4 is 0 Å². The Bertz CT molecular complexity index is 190. The number of hydrogen-bond acceptors (Lipinski definition) is 1. The van der Waals surface area contributed by atoms with Crippen LogP contribution in [0.5, 0.6) is 0 Å². The highest BCUT2D eigenvalue weighted by atomic mass is 14.7. The maximum absolute atomic E-state index is 6.27. The van der Waals surface area contributed by atoms with Crippen LogP contribution in [0.15, 0.2) is 0 Å². The standard InChI is InChI=1S/C12H23N/c1-12(2,3)7-10-8-4-5-9(6-8)11(10)13/h8-11H,4-7,13H2,1-3H3/t8-,9+,10?,11?/m1/s1. The SMILES string of the molecule is CC(C)(C)CC1C(N)[C@H]2CC[C@@H]1C2. The van der Waals surface area contributed by atoms with Crippen LogP contribution in [-0.4, -0.2) is 6.04 Å². The fourth-order valence-corrected chi connectivity index (χ4v) is 3.46. The van der Waals surface area contributed by atoms with Crippen molar-refractivity contribution in [2.75, 3.05) is 0 Å². The van der Waals surface area contributed by atoms with E-state index in [0.29, 0.717) is 11.5 Å². The summed E-state index contributed by atoms with van der Waals surface area (Å²) in [5.74, 6) is 2.68. The van der Waals surface area contributed by atoms with Gasteiger partial charge in [0, 0.05) is 6.04 Å². The first kappa shape index (κ1) is 9.51. The number of fused-ring (bicyclic) bond motifs is 2. The molecule has 4 atom stereocenters. The van der Waals surface area contributed by atoms with Crippen molar-refractivity contribution in [1.82, 2.24) is 0 Å². The largest absolute Gasteiger partial charge is 0.327 e. The number of hydrogen-bond donors (Lipinski definition) is 1. The molecule has 0 amide bonds. The van der Waals surface area contributed by atoms with E-state index >= 15 is 0 Å². The molecule has 0 aromatic carbocycles. The topological polar surface area (TPSA) is 26.0 Å². The van der Waals surface area contributed by atoms with Gasteiger partial charge in [0.15, 0.2) is 0 Å². The van der Waals surface area contributed by atoms with Gasteiger partial charge in [-0.05, 0) is 48.9 Å². The van der Waals surface area contributed by atoms with Gasteiger partial charge in [0.2, 0.25) is 0 Å². The van der Waals surface area contributed by atoms with Gasteiger partial charge in [-0.1, -0.05) is 20.8 Å². The quantitative estimate of drug-likeness (QED) is 0.661. The predicted molar refractivity (Wildman–Crippen MR) is 56.4 cm³/mol. The lowest BCUT2D eigenvalue weighted by Crippen LogP contribution is -2.37. The van der Waals surface area contributed by atoms with Gasteiger partial charge in [-0.15, -0.1) is 0 Å². The van der Waals surface area contributed by atoms with Crippen molar-refractivity contribution in [3.63, 3.8) is 0 Å². The second kappa shape index (κ2) is 2.98. The Kier molecular flexibility index (Phi) is 2.18. The van der Waals surface area contributed by atoms with Gasteiger partial charge in [-0.3, -0.25) is 0 Å². The number of nitrogens with two attached hydrogens (primary N) is 1.